The van der Waals surface area contributed by atoms with Crippen molar-refractivity contribution in [3.63, 3.8) is 0 Å². The zero-order valence-corrected chi connectivity index (χ0v) is 13.3. The molecule has 1 aromatic carbocycles. The van der Waals surface area contributed by atoms with Gasteiger partial charge in [-0.1, -0.05) is 0 Å². The van der Waals surface area contributed by atoms with Gasteiger partial charge in [0.15, 0.2) is 0 Å². The van der Waals surface area contributed by atoms with Crippen LogP contribution in [0.15, 0.2) is 16.6 Å². The minimum Gasteiger partial charge on any atom is -0.379 e. The van der Waals surface area contributed by atoms with Crippen LogP contribution in [0.25, 0.3) is 11.0 Å². The number of benzene rings is 1. The van der Waals surface area contributed by atoms with Gasteiger partial charge in [-0.15, -0.1) is 0 Å². The summed E-state index contributed by atoms with van der Waals surface area (Å²) in [5, 5.41) is 0. The van der Waals surface area contributed by atoms with E-state index in [1.807, 2.05) is 4.57 Å². The van der Waals surface area contributed by atoms with Crippen LogP contribution < -0.4 is 5.73 Å². The van der Waals surface area contributed by atoms with Gasteiger partial charge in [0.25, 0.3) is 0 Å². The van der Waals surface area contributed by atoms with Gasteiger partial charge >= 0.3 is 0 Å². The van der Waals surface area contributed by atoms with Crippen LogP contribution in [0.2, 0.25) is 0 Å². The van der Waals surface area contributed by atoms with E-state index in [1.165, 1.54) is 6.07 Å². The molecule has 0 bridgehead atoms. The second kappa shape index (κ2) is 6.29. The van der Waals surface area contributed by atoms with E-state index >= 15 is 0 Å². The largest absolute Gasteiger partial charge is 0.379 e. The summed E-state index contributed by atoms with van der Waals surface area (Å²) in [6.45, 7) is 5.27. The lowest BCUT2D eigenvalue weighted by Crippen LogP contribution is -2.37. The molecule has 114 valence electrons. The van der Waals surface area contributed by atoms with Gasteiger partial charge in [0.2, 0.25) is 5.95 Å². The smallest absolute Gasteiger partial charge is 0.201 e. The lowest BCUT2D eigenvalue weighted by Gasteiger charge is -2.26. The molecule has 1 aliphatic heterocycles. The normalized spacial score (nSPS) is 16.7. The van der Waals surface area contributed by atoms with E-state index in [9.17, 15) is 4.39 Å². The fraction of sp³-hybridized carbons (Fsp3) is 0.500. The van der Waals surface area contributed by atoms with E-state index in [4.69, 9.17) is 10.5 Å². The van der Waals surface area contributed by atoms with Crippen LogP contribution in [0.5, 0.6) is 0 Å². The van der Waals surface area contributed by atoms with E-state index in [2.05, 4.69) is 25.8 Å². The molecule has 0 radical (unpaired) electrons. The maximum Gasteiger partial charge on any atom is 0.201 e. The molecular formula is C14H18BrFN4O. The Kier molecular flexibility index (Phi) is 4.42. The topological polar surface area (TPSA) is 56.3 Å². The zero-order chi connectivity index (χ0) is 14.8. The van der Waals surface area contributed by atoms with Gasteiger partial charge in [0.05, 0.1) is 28.7 Å². The number of halogens is 2. The van der Waals surface area contributed by atoms with E-state index in [-0.39, 0.29) is 5.82 Å². The molecular weight excluding hydrogens is 339 g/mol. The summed E-state index contributed by atoms with van der Waals surface area (Å²) >= 11 is 3.17. The Morgan fingerprint density at radius 2 is 2.05 bits per heavy atom. The van der Waals surface area contributed by atoms with Gasteiger partial charge in [-0.25, -0.2) is 9.37 Å². The number of aromatic nitrogens is 2. The third kappa shape index (κ3) is 3.20. The molecule has 0 saturated carbocycles. The third-order valence-corrected chi connectivity index (χ3v) is 4.39. The summed E-state index contributed by atoms with van der Waals surface area (Å²) in [7, 11) is 0. The number of rotatable bonds is 4. The molecule has 0 unspecified atom stereocenters. The number of morpholine rings is 1. The standard InChI is InChI=1S/C14H18BrFN4O/c15-10-8-12-13(9-11(10)16)20(14(17)18-12)3-1-2-19-4-6-21-7-5-19/h8-9H,1-7H2,(H2,17,18). The number of hydrogen-bond acceptors (Lipinski definition) is 4. The highest BCUT2D eigenvalue weighted by molar-refractivity contribution is 9.10. The number of hydrogen-bond donors (Lipinski definition) is 1. The van der Waals surface area contributed by atoms with Crippen LogP contribution >= 0.6 is 15.9 Å². The maximum atomic E-state index is 13.7. The molecule has 2 aromatic rings. The lowest BCUT2D eigenvalue weighted by molar-refractivity contribution is 0.0370. The highest BCUT2D eigenvalue weighted by Crippen LogP contribution is 2.25. The average Bonchev–Trinajstić information content (AvgIpc) is 2.76. The van der Waals surface area contributed by atoms with Crippen molar-refractivity contribution in [1.82, 2.24) is 14.5 Å². The first kappa shape index (κ1) is 14.7. The Morgan fingerprint density at radius 1 is 1.29 bits per heavy atom. The Balaban J connectivity index is 1.71. The molecule has 1 fully saturated rings. The van der Waals surface area contributed by atoms with Crippen molar-refractivity contribution in [2.24, 2.45) is 0 Å². The molecule has 3 rings (SSSR count). The molecule has 0 spiro atoms. The van der Waals surface area contributed by atoms with Crippen LogP contribution in [0.1, 0.15) is 6.42 Å². The van der Waals surface area contributed by atoms with Crippen molar-refractivity contribution >= 4 is 32.9 Å². The minimum absolute atomic E-state index is 0.295. The Morgan fingerprint density at radius 3 is 2.81 bits per heavy atom. The fourth-order valence-electron chi connectivity index (χ4n) is 2.65. The third-order valence-electron chi connectivity index (χ3n) is 3.78. The van der Waals surface area contributed by atoms with Crippen molar-refractivity contribution in [2.75, 3.05) is 38.6 Å². The van der Waals surface area contributed by atoms with Gasteiger partial charge in [-0.05, 0) is 28.4 Å². The van der Waals surface area contributed by atoms with Gasteiger partial charge in [0.1, 0.15) is 5.82 Å². The first-order valence-electron chi connectivity index (χ1n) is 7.06. The molecule has 2 N–H and O–H groups in total. The number of ether oxygens (including phenoxy) is 1. The van der Waals surface area contributed by atoms with E-state index in [0.29, 0.717) is 15.9 Å². The quantitative estimate of drug-likeness (QED) is 0.912. The predicted octanol–water partition coefficient (Wildman–Crippen LogP) is 2.24. The molecule has 1 aromatic heterocycles. The average molecular weight is 357 g/mol. The summed E-state index contributed by atoms with van der Waals surface area (Å²) < 4.78 is 21.3. The van der Waals surface area contributed by atoms with Crippen molar-refractivity contribution in [3.8, 4) is 0 Å². The highest BCUT2D eigenvalue weighted by Gasteiger charge is 2.13. The molecule has 7 heteroatoms. The first-order valence-corrected chi connectivity index (χ1v) is 7.85. The minimum atomic E-state index is -0.295. The molecule has 0 aliphatic carbocycles. The monoisotopic (exact) mass is 356 g/mol. The second-order valence-electron chi connectivity index (χ2n) is 5.18. The van der Waals surface area contributed by atoms with Gasteiger partial charge in [-0.2, -0.15) is 0 Å². The SMILES string of the molecule is Nc1nc2cc(Br)c(F)cc2n1CCCN1CCOCC1. The summed E-state index contributed by atoms with van der Waals surface area (Å²) in [6.07, 6.45) is 0.952. The van der Waals surface area contributed by atoms with Crippen LogP contribution in [-0.4, -0.2) is 47.3 Å². The second-order valence-corrected chi connectivity index (χ2v) is 6.04. The molecule has 5 nitrogen and oxygen atoms in total. The zero-order valence-electron chi connectivity index (χ0n) is 11.7. The molecule has 0 atom stereocenters. The summed E-state index contributed by atoms with van der Waals surface area (Å²) in [5.74, 6) is 0.140. The molecule has 21 heavy (non-hydrogen) atoms. The Bertz CT molecular complexity index is 639. The van der Waals surface area contributed by atoms with Crippen LogP contribution in [0.4, 0.5) is 10.3 Å². The number of fused-ring (bicyclic) bond motifs is 1. The molecule has 0 amide bonds. The van der Waals surface area contributed by atoms with Crippen molar-refractivity contribution in [3.05, 3.63) is 22.4 Å². The van der Waals surface area contributed by atoms with Crippen LogP contribution in [0, 0.1) is 5.82 Å². The first-order chi connectivity index (χ1) is 10.1. The molecule has 2 heterocycles. The number of nitrogen functional groups attached to an aromatic ring is 1. The predicted molar refractivity (Wildman–Crippen MR) is 83.7 cm³/mol. The summed E-state index contributed by atoms with van der Waals surface area (Å²) in [5.41, 5.74) is 7.41. The van der Waals surface area contributed by atoms with E-state index in [1.54, 1.807) is 6.07 Å². The highest BCUT2D eigenvalue weighted by atomic mass is 79.9. The van der Waals surface area contributed by atoms with E-state index in [0.717, 1.165) is 51.3 Å². The number of nitrogens with two attached hydrogens (primary N) is 1. The summed E-state index contributed by atoms with van der Waals surface area (Å²) in [4.78, 5) is 6.66. The number of nitrogens with zero attached hydrogens (tertiary/aromatic N) is 3. The number of imidazole rings is 1. The molecule has 1 saturated heterocycles. The molecule has 1 aliphatic rings. The number of aryl methyl sites for hydroxylation is 1. The Hall–Kier alpha value is -1.18. The maximum absolute atomic E-state index is 13.7. The van der Waals surface area contributed by atoms with Crippen LogP contribution in [-0.2, 0) is 11.3 Å². The Labute approximate surface area is 131 Å². The summed E-state index contributed by atoms with van der Waals surface area (Å²) in [6, 6.07) is 3.15. The fourth-order valence-corrected chi connectivity index (χ4v) is 2.98. The van der Waals surface area contributed by atoms with Gasteiger partial charge in [0, 0.05) is 32.2 Å². The van der Waals surface area contributed by atoms with Crippen molar-refractivity contribution in [2.45, 2.75) is 13.0 Å². The lowest BCUT2D eigenvalue weighted by atomic mass is 10.3. The van der Waals surface area contributed by atoms with E-state index < -0.39 is 0 Å². The number of anilines is 1. The van der Waals surface area contributed by atoms with Gasteiger partial charge in [-0.3, -0.25) is 4.90 Å². The van der Waals surface area contributed by atoms with Crippen LogP contribution in [0.3, 0.4) is 0 Å². The van der Waals surface area contributed by atoms with Gasteiger partial charge < -0.3 is 15.0 Å². The van der Waals surface area contributed by atoms with Crippen molar-refractivity contribution < 1.29 is 9.13 Å². The van der Waals surface area contributed by atoms with Crippen molar-refractivity contribution in [1.29, 1.82) is 0 Å².